The molecule has 1 aliphatic heterocycles. The van der Waals surface area contributed by atoms with E-state index >= 15 is 0 Å². The molecule has 2 N–H and O–H groups in total. The van der Waals surface area contributed by atoms with Gasteiger partial charge >= 0.3 is 0 Å². The van der Waals surface area contributed by atoms with Crippen LogP contribution in [0.3, 0.4) is 0 Å². The molecule has 0 radical (unpaired) electrons. The second-order valence-corrected chi connectivity index (χ2v) is 8.84. The van der Waals surface area contributed by atoms with E-state index in [1.807, 2.05) is 12.3 Å². The zero-order valence-corrected chi connectivity index (χ0v) is 18.1. The van der Waals surface area contributed by atoms with Crippen LogP contribution in [0.5, 0.6) is 0 Å². The van der Waals surface area contributed by atoms with Crippen LogP contribution in [0.25, 0.3) is 0 Å². The first kappa shape index (κ1) is 21.5. The van der Waals surface area contributed by atoms with Gasteiger partial charge in [0.25, 0.3) is 5.91 Å². The molecule has 0 atom stereocenters. The van der Waals surface area contributed by atoms with Gasteiger partial charge in [0.2, 0.25) is 5.91 Å². The molecule has 0 unspecified atom stereocenters. The molecule has 1 aromatic heterocycles. The Morgan fingerprint density at radius 1 is 1.10 bits per heavy atom. The van der Waals surface area contributed by atoms with Crippen LogP contribution in [0.1, 0.15) is 41.1 Å². The van der Waals surface area contributed by atoms with E-state index in [0.717, 1.165) is 49.0 Å². The predicted octanol–water partition coefficient (Wildman–Crippen LogP) is 2.79. The van der Waals surface area contributed by atoms with Crippen LogP contribution >= 0.6 is 11.3 Å². The Morgan fingerprint density at radius 2 is 1.79 bits per heavy atom. The Labute approximate surface area is 176 Å². The van der Waals surface area contributed by atoms with Gasteiger partial charge in [-0.05, 0) is 64.1 Å². The van der Waals surface area contributed by atoms with Crippen molar-refractivity contribution in [3.63, 3.8) is 0 Å². The molecule has 2 aromatic rings. The monoisotopic (exact) mass is 414 g/mol. The zero-order valence-electron chi connectivity index (χ0n) is 17.2. The molecule has 3 rings (SSSR count). The number of aromatic nitrogens is 1. The van der Waals surface area contributed by atoms with Crippen LogP contribution in [0.2, 0.25) is 0 Å². The minimum Gasteiger partial charge on any atom is -0.294 e. The molecule has 2 amide bonds. The molecule has 7 heteroatoms. The Kier molecular flexibility index (Phi) is 7.77. The lowest BCUT2D eigenvalue weighted by molar-refractivity contribution is -0.129. The summed E-state index contributed by atoms with van der Waals surface area (Å²) in [6.07, 6.45) is 4.75. The highest BCUT2D eigenvalue weighted by atomic mass is 32.1. The molecule has 29 heavy (non-hydrogen) atoms. The maximum absolute atomic E-state index is 12.1. The minimum atomic E-state index is -0.248. The van der Waals surface area contributed by atoms with Crippen molar-refractivity contribution in [3.8, 4) is 0 Å². The molecule has 2 heterocycles. The summed E-state index contributed by atoms with van der Waals surface area (Å²) in [5.74, 6) is 0.298. The molecule has 0 bridgehead atoms. The first-order valence-electron chi connectivity index (χ1n) is 10.2. The Morgan fingerprint density at radius 3 is 2.45 bits per heavy atom. The fourth-order valence-corrected chi connectivity index (χ4v) is 4.38. The maximum atomic E-state index is 12.1. The topological polar surface area (TPSA) is 74.3 Å². The van der Waals surface area contributed by atoms with Crippen molar-refractivity contribution >= 4 is 23.2 Å². The van der Waals surface area contributed by atoms with Crippen molar-refractivity contribution < 1.29 is 9.59 Å². The van der Waals surface area contributed by atoms with Crippen LogP contribution < -0.4 is 10.9 Å². The average Bonchev–Trinajstić information content (AvgIpc) is 3.11. The lowest BCUT2D eigenvalue weighted by Gasteiger charge is -2.31. The summed E-state index contributed by atoms with van der Waals surface area (Å²) in [7, 11) is 0. The normalized spacial score (nSPS) is 15.2. The third-order valence-corrected chi connectivity index (χ3v) is 6.32. The number of nitrogens with zero attached hydrogens (tertiary/aromatic N) is 2. The minimum absolute atomic E-state index is 0.174. The highest BCUT2D eigenvalue weighted by molar-refractivity contribution is 7.09. The standard InChI is InChI=1S/C22H30N4O2S/c1-16-3-5-18(6-4-16)7-8-19-9-11-26(12-10-19)14-21(28)25-24-20(27)13-22-23-17(2)15-29-22/h3-6,15,19H,7-14H2,1-2H3,(H,24,27)(H,25,28). The number of rotatable bonds is 7. The van der Waals surface area contributed by atoms with Crippen LogP contribution in [-0.4, -0.2) is 41.3 Å². The van der Waals surface area contributed by atoms with Crippen LogP contribution in [-0.2, 0) is 22.4 Å². The number of carbonyl (C=O) groups excluding carboxylic acids is 2. The summed E-state index contributed by atoms with van der Waals surface area (Å²) >= 11 is 1.45. The molecule has 1 aromatic carbocycles. The third kappa shape index (κ3) is 7.25. The van der Waals surface area contributed by atoms with E-state index in [-0.39, 0.29) is 18.2 Å². The summed E-state index contributed by atoms with van der Waals surface area (Å²) in [6, 6.07) is 8.79. The van der Waals surface area contributed by atoms with E-state index in [9.17, 15) is 9.59 Å². The molecule has 156 valence electrons. The first-order chi connectivity index (χ1) is 14.0. The summed E-state index contributed by atoms with van der Waals surface area (Å²) in [6.45, 7) is 6.19. The van der Waals surface area contributed by atoms with Gasteiger partial charge < -0.3 is 0 Å². The molecule has 0 spiro atoms. The van der Waals surface area contributed by atoms with Crippen molar-refractivity contribution in [1.82, 2.24) is 20.7 Å². The van der Waals surface area contributed by atoms with E-state index in [1.165, 1.54) is 28.9 Å². The van der Waals surface area contributed by atoms with Gasteiger partial charge in [-0.3, -0.25) is 25.3 Å². The van der Waals surface area contributed by atoms with Gasteiger partial charge in [0.1, 0.15) is 5.01 Å². The van der Waals surface area contributed by atoms with E-state index in [0.29, 0.717) is 6.54 Å². The van der Waals surface area contributed by atoms with Crippen LogP contribution in [0.4, 0.5) is 0 Å². The molecule has 1 saturated heterocycles. The molecule has 0 aliphatic carbocycles. The maximum Gasteiger partial charge on any atom is 0.252 e. The van der Waals surface area contributed by atoms with Crippen LogP contribution in [0, 0.1) is 19.8 Å². The fourth-order valence-electron chi connectivity index (χ4n) is 3.61. The summed E-state index contributed by atoms with van der Waals surface area (Å²) in [5.41, 5.74) is 8.61. The van der Waals surface area contributed by atoms with E-state index in [2.05, 4.69) is 51.9 Å². The quantitative estimate of drug-likeness (QED) is 0.683. The lowest BCUT2D eigenvalue weighted by Crippen LogP contribution is -2.48. The zero-order chi connectivity index (χ0) is 20.6. The van der Waals surface area contributed by atoms with Crippen LogP contribution in [0.15, 0.2) is 29.6 Å². The molecule has 1 aliphatic rings. The number of piperidine rings is 1. The molecular formula is C22H30N4O2S. The van der Waals surface area contributed by atoms with Gasteiger partial charge in [0, 0.05) is 11.1 Å². The molecule has 0 saturated carbocycles. The summed E-state index contributed by atoms with van der Waals surface area (Å²) in [4.78, 5) is 30.4. The highest BCUT2D eigenvalue weighted by Gasteiger charge is 2.21. The fraction of sp³-hybridized carbons (Fsp3) is 0.500. The van der Waals surface area contributed by atoms with Crippen molar-refractivity contribution in [1.29, 1.82) is 0 Å². The van der Waals surface area contributed by atoms with E-state index < -0.39 is 0 Å². The Bertz CT molecular complexity index is 810. The van der Waals surface area contributed by atoms with Gasteiger partial charge in [-0.2, -0.15) is 0 Å². The van der Waals surface area contributed by atoms with Crippen molar-refractivity contribution in [2.75, 3.05) is 19.6 Å². The Hall–Kier alpha value is -2.25. The van der Waals surface area contributed by atoms with Gasteiger partial charge in [0.15, 0.2) is 0 Å². The SMILES string of the molecule is Cc1ccc(CCC2CCN(CC(=O)NNC(=O)Cc3nc(C)cs3)CC2)cc1. The Balaban J connectivity index is 1.30. The molecule has 6 nitrogen and oxygen atoms in total. The van der Waals surface area contributed by atoms with Gasteiger partial charge in [-0.15, -0.1) is 11.3 Å². The van der Waals surface area contributed by atoms with Crippen molar-refractivity contribution in [2.24, 2.45) is 5.92 Å². The molecular weight excluding hydrogens is 384 g/mol. The predicted molar refractivity (Wildman–Crippen MR) is 116 cm³/mol. The number of hydrogen-bond acceptors (Lipinski definition) is 5. The summed E-state index contributed by atoms with van der Waals surface area (Å²) < 4.78 is 0. The van der Waals surface area contributed by atoms with Gasteiger partial charge in [0.05, 0.1) is 13.0 Å². The number of thiazole rings is 1. The third-order valence-electron chi connectivity index (χ3n) is 5.36. The van der Waals surface area contributed by atoms with Gasteiger partial charge in [-0.25, -0.2) is 4.98 Å². The van der Waals surface area contributed by atoms with Crippen molar-refractivity contribution in [3.05, 3.63) is 51.5 Å². The number of amides is 2. The number of hydrazine groups is 1. The number of carbonyl (C=O) groups is 2. The second-order valence-electron chi connectivity index (χ2n) is 7.90. The lowest BCUT2D eigenvalue weighted by atomic mass is 9.90. The summed E-state index contributed by atoms with van der Waals surface area (Å²) in [5, 5.41) is 2.66. The van der Waals surface area contributed by atoms with Gasteiger partial charge in [-0.1, -0.05) is 29.8 Å². The number of nitrogens with one attached hydrogen (secondary N) is 2. The smallest absolute Gasteiger partial charge is 0.252 e. The largest absolute Gasteiger partial charge is 0.294 e. The van der Waals surface area contributed by atoms with E-state index in [4.69, 9.17) is 0 Å². The second kappa shape index (κ2) is 10.5. The molecule has 1 fully saturated rings. The van der Waals surface area contributed by atoms with E-state index in [1.54, 1.807) is 0 Å². The first-order valence-corrected chi connectivity index (χ1v) is 11.1. The highest BCUT2D eigenvalue weighted by Crippen LogP contribution is 2.22. The number of likely N-dealkylation sites (tertiary alicyclic amines) is 1. The number of aryl methyl sites for hydroxylation is 3. The number of hydrogen-bond donors (Lipinski definition) is 2. The average molecular weight is 415 g/mol. The van der Waals surface area contributed by atoms with Crippen molar-refractivity contribution in [2.45, 2.75) is 46.0 Å². The number of benzene rings is 1.